The smallest absolute Gasteiger partial charge is 0.203 e. The third-order valence-corrected chi connectivity index (χ3v) is 2.49. The van der Waals surface area contributed by atoms with E-state index in [1.807, 2.05) is 13.0 Å². The Morgan fingerprint density at radius 3 is 3.11 bits per heavy atom. The van der Waals surface area contributed by atoms with Crippen LogP contribution in [0.1, 0.15) is 11.5 Å². The highest BCUT2D eigenvalue weighted by atomic mass is 15.2. The Hall–Kier alpha value is -2.57. The van der Waals surface area contributed by atoms with Crippen molar-refractivity contribution in [2.24, 2.45) is 0 Å². The molecule has 0 aromatic carbocycles. The number of nitrogens with zero attached hydrogens (tertiary/aromatic N) is 6. The van der Waals surface area contributed by atoms with Gasteiger partial charge < -0.3 is 5.32 Å². The Labute approximate surface area is 103 Å². The maximum Gasteiger partial charge on any atom is 0.203 e. The van der Waals surface area contributed by atoms with E-state index in [9.17, 15) is 0 Å². The molecule has 3 rings (SSSR count). The van der Waals surface area contributed by atoms with Gasteiger partial charge in [0.1, 0.15) is 12.2 Å². The predicted molar refractivity (Wildman–Crippen MR) is 64.9 cm³/mol. The Morgan fingerprint density at radius 1 is 1.28 bits per heavy atom. The van der Waals surface area contributed by atoms with Gasteiger partial charge in [-0.3, -0.25) is 4.40 Å². The molecule has 3 aromatic rings. The van der Waals surface area contributed by atoms with Crippen molar-refractivity contribution in [1.29, 1.82) is 0 Å². The summed E-state index contributed by atoms with van der Waals surface area (Å²) in [7, 11) is 0. The molecule has 7 nitrogen and oxygen atoms in total. The van der Waals surface area contributed by atoms with Gasteiger partial charge in [-0.25, -0.2) is 15.0 Å². The molecule has 90 valence electrons. The van der Waals surface area contributed by atoms with Crippen LogP contribution in [0.3, 0.4) is 0 Å². The maximum atomic E-state index is 4.31. The van der Waals surface area contributed by atoms with Crippen molar-refractivity contribution < 1.29 is 0 Å². The van der Waals surface area contributed by atoms with E-state index in [0.29, 0.717) is 18.0 Å². The molecule has 0 spiro atoms. The van der Waals surface area contributed by atoms with Gasteiger partial charge in [0.15, 0.2) is 5.82 Å². The lowest BCUT2D eigenvalue weighted by molar-refractivity contribution is 0.947. The second kappa shape index (κ2) is 4.36. The van der Waals surface area contributed by atoms with Gasteiger partial charge in [-0.15, -0.1) is 10.2 Å². The summed E-state index contributed by atoms with van der Waals surface area (Å²) in [4.78, 5) is 12.6. The van der Waals surface area contributed by atoms with Crippen molar-refractivity contribution in [3.63, 3.8) is 0 Å². The maximum absolute atomic E-state index is 4.31. The molecule has 3 aromatic heterocycles. The summed E-state index contributed by atoms with van der Waals surface area (Å²) in [6.07, 6.45) is 6.88. The number of nitrogens with one attached hydrogen (secondary N) is 1. The third kappa shape index (κ3) is 1.97. The first-order chi connectivity index (χ1) is 8.83. The predicted octanol–water partition coefficient (Wildman–Crippen LogP) is 0.835. The van der Waals surface area contributed by atoms with E-state index in [-0.39, 0.29) is 0 Å². The fourth-order valence-corrected chi connectivity index (χ4v) is 1.66. The lowest BCUT2D eigenvalue weighted by atomic mass is 10.4. The summed E-state index contributed by atoms with van der Waals surface area (Å²) in [6.45, 7) is 2.43. The minimum absolute atomic E-state index is 0.572. The molecule has 3 heterocycles. The molecule has 0 unspecified atom stereocenters. The standard InChI is InChI=1S/C11H11N7/c1-8-12-3-2-9(16-8)6-14-10-11-17-15-7-18(11)5-4-13-10/h2-5,7H,6H2,1H3,(H,13,14). The molecule has 0 saturated heterocycles. The minimum Gasteiger partial charge on any atom is -0.361 e. The third-order valence-electron chi connectivity index (χ3n) is 2.49. The van der Waals surface area contributed by atoms with E-state index in [1.165, 1.54) is 0 Å². The van der Waals surface area contributed by atoms with E-state index in [4.69, 9.17) is 0 Å². The SMILES string of the molecule is Cc1nccc(CNc2nccn3cnnc23)n1. The number of aryl methyl sites for hydroxylation is 1. The van der Waals surface area contributed by atoms with Gasteiger partial charge in [0.25, 0.3) is 0 Å². The second-order valence-electron chi connectivity index (χ2n) is 3.79. The lowest BCUT2D eigenvalue weighted by Crippen LogP contribution is -2.06. The molecule has 1 N–H and O–H groups in total. The van der Waals surface area contributed by atoms with Crippen LogP contribution in [-0.2, 0) is 6.54 Å². The van der Waals surface area contributed by atoms with Crippen molar-refractivity contribution in [2.75, 3.05) is 5.32 Å². The molecule has 0 aliphatic heterocycles. The van der Waals surface area contributed by atoms with Crippen LogP contribution in [0.4, 0.5) is 5.82 Å². The molecule has 18 heavy (non-hydrogen) atoms. The van der Waals surface area contributed by atoms with Gasteiger partial charge in [-0.05, 0) is 13.0 Å². The molecule has 7 heteroatoms. The zero-order valence-electron chi connectivity index (χ0n) is 9.78. The summed E-state index contributed by atoms with van der Waals surface area (Å²) in [5.41, 5.74) is 1.61. The fourth-order valence-electron chi connectivity index (χ4n) is 1.66. The Balaban J connectivity index is 1.83. The number of aromatic nitrogens is 6. The Kier molecular flexibility index (Phi) is 2.56. The lowest BCUT2D eigenvalue weighted by Gasteiger charge is -2.05. The fraction of sp³-hybridized carbons (Fsp3) is 0.182. The van der Waals surface area contributed by atoms with Gasteiger partial charge in [0.05, 0.1) is 12.2 Å². The number of hydrogen-bond donors (Lipinski definition) is 1. The Bertz CT molecular complexity index is 676. The average molecular weight is 241 g/mol. The van der Waals surface area contributed by atoms with Crippen LogP contribution in [-0.4, -0.2) is 29.5 Å². The van der Waals surface area contributed by atoms with Crippen LogP contribution < -0.4 is 5.32 Å². The van der Waals surface area contributed by atoms with Crippen molar-refractivity contribution in [3.8, 4) is 0 Å². The van der Waals surface area contributed by atoms with Crippen LogP contribution in [0.5, 0.6) is 0 Å². The number of rotatable bonds is 3. The van der Waals surface area contributed by atoms with Crippen LogP contribution in [0.15, 0.2) is 31.0 Å². The molecular formula is C11H11N7. The molecule has 0 fully saturated rings. The first-order valence-corrected chi connectivity index (χ1v) is 5.50. The van der Waals surface area contributed by atoms with E-state index in [0.717, 1.165) is 11.5 Å². The molecule has 0 bridgehead atoms. The molecular weight excluding hydrogens is 230 g/mol. The molecule has 0 atom stereocenters. The first-order valence-electron chi connectivity index (χ1n) is 5.50. The number of hydrogen-bond acceptors (Lipinski definition) is 6. The zero-order valence-corrected chi connectivity index (χ0v) is 9.78. The molecule has 0 radical (unpaired) electrons. The highest BCUT2D eigenvalue weighted by Gasteiger charge is 2.04. The second-order valence-corrected chi connectivity index (χ2v) is 3.79. The van der Waals surface area contributed by atoms with Crippen LogP contribution >= 0.6 is 0 Å². The van der Waals surface area contributed by atoms with E-state index >= 15 is 0 Å². The van der Waals surface area contributed by atoms with Crippen molar-refractivity contribution in [1.82, 2.24) is 29.5 Å². The highest BCUT2D eigenvalue weighted by Crippen LogP contribution is 2.10. The zero-order chi connectivity index (χ0) is 12.4. The van der Waals surface area contributed by atoms with E-state index < -0.39 is 0 Å². The quantitative estimate of drug-likeness (QED) is 0.731. The summed E-state index contributed by atoms with van der Waals surface area (Å²) in [6, 6.07) is 1.87. The average Bonchev–Trinajstić information content (AvgIpc) is 2.85. The molecule has 0 saturated carbocycles. The molecule has 0 aliphatic rings. The normalized spacial score (nSPS) is 10.7. The summed E-state index contributed by atoms with van der Waals surface area (Å²) < 4.78 is 1.81. The summed E-state index contributed by atoms with van der Waals surface area (Å²) in [5, 5.41) is 11.0. The summed E-state index contributed by atoms with van der Waals surface area (Å²) in [5.74, 6) is 1.44. The number of anilines is 1. The molecule has 0 aliphatic carbocycles. The Morgan fingerprint density at radius 2 is 2.22 bits per heavy atom. The van der Waals surface area contributed by atoms with E-state index in [2.05, 4.69) is 30.5 Å². The largest absolute Gasteiger partial charge is 0.361 e. The van der Waals surface area contributed by atoms with Gasteiger partial charge in [-0.2, -0.15) is 0 Å². The summed E-state index contributed by atoms with van der Waals surface area (Å²) >= 11 is 0. The van der Waals surface area contributed by atoms with Gasteiger partial charge >= 0.3 is 0 Å². The van der Waals surface area contributed by atoms with Crippen LogP contribution in [0.2, 0.25) is 0 Å². The molecule has 0 amide bonds. The van der Waals surface area contributed by atoms with Gasteiger partial charge in [-0.1, -0.05) is 0 Å². The highest BCUT2D eigenvalue weighted by molar-refractivity contribution is 5.61. The number of fused-ring (bicyclic) bond motifs is 1. The minimum atomic E-state index is 0.572. The topological polar surface area (TPSA) is 80.9 Å². The van der Waals surface area contributed by atoms with Crippen molar-refractivity contribution >= 4 is 11.5 Å². The van der Waals surface area contributed by atoms with E-state index in [1.54, 1.807) is 29.3 Å². The van der Waals surface area contributed by atoms with Crippen molar-refractivity contribution in [3.05, 3.63) is 42.5 Å². The van der Waals surface area contributed by atoms with Crippen molar-refractivity contribution in [2.45, 2.75) is 13.5 Å². The van der Waals surface area contributed by atoms with Gasteiger partial charge in [0.2, 0.25) is 5.65 Å². The van der Waals surface area contributed by atoms with Gasteiger partial charge in [0, 0.05) is 18.6 Å². The van der Waals surface area contributed by atoms with Crippen LogP contribution in [0.25, 0.3) is 5.65 Å². The monoisotopic (exact) mass is 241 g/mol. The van der Waals surface area contributed by atoms with Crippen LogP contribution in [0, 0.1) is 6.92 Å². The first kappa shape index (κ1) is 10.6.